The average molecular weight is 364 g/mol. The average Bonchev–Trinajstić information content (AvgIpc) is 2.72. The second-order valence-corrected chi connectivity index (χ2v) is 5.61. The summed E-state index contributed by atoms with van der Waals surface area (Å²) in [4.78, 5) is 8.43. The van der Waals surface area contributed by atoms with E-state index in [0.717, 1.165) is 24.0 Å². The molecule has 96 valence electrons. The second kappa shape index (κ2) is 5.16. The first-order valence-corrected chi connectivity index (χ1v) is 7.12. The quantitative estimate of drug-likeness (QED) is 0.728. The summed E-state index contributed by atoms with van der Waals surface area (Å²) >= 11 is 2.28. The Morgan fingerprint density at radius 3 is 2.74 bits per heavy atom. The zero-order valence-electron chi connectivity index (χ0n) is 10.3. The molecule has 2 heterocycles. The van der Waals surface area contributed by atoms with Gasteiger partial charge < -0.3 is 10.3 Å². The van der Waals surface area contributed by atoms with Gasteiger partial charge in [-0.15, -0.1) is 0 Å². The van der Waals surface area contributed by atoms with E-state index in [9.17, 15) is 0 Å². The molecule has 5 heteroatoms. The summed E-state index contributed by atoms with van der Waals surface area (Å²) in [6.07, 6.45) is 4.55. The number of nitrogens with zero attached hydrogens (tertiary/aromatic N) is 3. The third kappa shape index (κ3) is 2.56. The summed E-state index contributed by atoms with van der Waals surface area (Å²) in [5, 5.41) is 0. The van der Waals surface area contributed by atoms with E-state index in [2.05, 4.69) is 55.3 Å². The molecule has 2 N–H and O–H groups in total. The van der Waals surface area contributed by atoms with Gasteiger partial charge in [-0.3, -0.25) is 4.98 Å². The molecule has 0 radical (unpaired) electrons. The topological polar surface area (TPSA) is 56.7 Å². The molecule has 0 atom stereocenters. The van der Waals surface area contributed by atoms with Crippen LogP contribution >= 0.6 is 22.6 Å². The molecular weight excluding hydrogens is 351 g/mol. The van der Waals surface area contributed by atoms with Crippen molar-refractivity contribution in [2.75, 3.05) is 5.73 Å². The molecule has 0 saturated carbocycles. The van der Waals surface area contributed by atoms with E-state index in [-0.39, 0.29) is 0 Å². The van der Waals surface area contributed by atoms with Crippen molar-refractivity contribution in [3.63, 3.8) is 0 Å². The van der Waals surface area contributed by atoms with E-state index in [0.29, 0.717) is 5.95 Å². The van der Waals surface area contributed by atoms with Gasteiger partial charge in [0.15, 0.2) is 0 Å². The Morgan fingerprint density at radius 2 is 1.95 bits per heavy atom. The predicted molar refractivity (Wildman–Crippen MR) is 84.8 cm³/mol. The van der Waals surface area contributed by atoms with Crippen LogP contribution in [0.25, 0.3) is 11.0 Å². The Bertz CT molecular complexity index is 706. The number of benzene rings is 1. The van der Waals surface area contributed by atoms with Crippen molar-refractivity contribution < 1.29 is 0 Å². The van der Waals surface area contributed by atoms with Crippen LogP contribution in [0.1, 0.15) is 5.56 Å². The highest BCUT2D eigenvalue weighted by molar-refractivity contribution is 14.1. The third-order valence-electron chi connectivity index (χ3n) is 3.11. The van der Waals surface area contributed by atoms with Crippen molar-refractivity contribution in [3.8, 4) is 0 Å². The van der Waals surface area contributed by atoms with Crippen molar-refractivity contribution in [2.24, 2.45) is 0 Å². The molecule has 3 rings (SSSR count). The van der Waals surface area contributed by atoms with E-state index in [1.54, 1.807) is 0 Å². The van der Waals surface area contributed by atoms with Gasteiger partial charge in [-0.05, 0) is 64.9 Å². The fourth-order valence-corrected chi connectivity index (χ4v) is 2.62. The summed E-state index contributed by atoms with van der Waals surface area (Å²) in [6.45, 7) is 0.826. The predicted octanol–water partition coefficient (Wildman–Crippen LogP) is 2.86. The standard InChI is InChI=1S/C14H13IN4/c15-11-1-2-13-12(9-11)18-14(16)19(13)8-5-10-3-6-17-7-4-10/h1-4,6-7,9H,5,8H2,(H2,16,18). The molecule has 0 unspecified atom stereocenters. The third-order valence-corrected chi connectivity index (χ3v) is 3.78. The number of fused-ring (bicyclic) bond motifs is 1. The molecule has 0 fully saturated rings. The zero-order valence-corrected chi connectivity index (χ0v) is 12.4. The van der Waals surface area contributed by atoms with Gasteiger partial charge in [-0.25, -0.2) is 4.98 Å². The molecule has 0 aliphatic carbocycles. The lowest BCUT2D eigenvalue weighted by atomic mass is 10.2. The van der Waals surface area contributed by atoms with Crippen LogP contribution in [0, 0.1) is 3.57 Å². The fourth-order valence-electron chi connectivity index (χ4n) is 2.15. The molecule has 0 spiro atoms. The normalized spacial score (nSPS) is 11.0. The summed E-state index contributed by atoms with van der Waals surface area (Å²) in [5.74, 6) is 0.575. The van der Waals surface area contributed by atoms with Gasteiger partial charge in [0.05, 0.1) is 11.0 Å². The van der Waals surface area contributed by atoms with E-state index < -0.39 is 0 Å². The number of halogens is 1. The second-order valence-electron chi connectivity index (χ2n) is 4.36. The van der Waals surface area contributed by atoms with Crippen molar-refractivity contribution in [3.05, 3.63) is 51.9 Å². The van der Waals surface area contributed by atoms with Crippen LogP contribution in [0.5, 0.6) is 0 Å². The number of anilines is 1. The minimum absolute atomic E-state index is 0.575. The minimum Gasteiger partial charge on any atom is -0.369 e. The highest BCUT2D eigenvalue weighted by Crippen LogP contribution is 2.20. The lowest BCUT2D eigenvalue weighted by Crippen LogP contribution is -2.05. The van der Waals surface area contributed by atoms with Crippen LogP contribution in [0.2, 0.25) is 0 Å². The largest absolute Gasteiger partial charge is 0.369 e. The lowest BCUT2D eigenvalue weighted by Gasteiger charge is -2.06. The molecule has 0 saturated heterocycles. The van der Waals surface area contributed by atoms with Gasteiger partial charge in [0.1, 0.15) is 0 Å². The first-order chi connectivity index (χ1) is 9.24. The van der Waals surface area contributed by atoms with Crippen molar-refractivity contribution in [2.45, 2.75) is 13.0 Å². The van der Waals surface area contributed by atoms with Gasteiger partial charge in [-0.1, -0.05) is 0 Å². The maximum Gasteiger partial charge on any atom is 0.201 e. The number of nitrogens with two attached hydrogens (primary N) is 1. The van der Waals surface area contributed by atoms with Gasteiger partial charge in [0, 0.05) is 22.5 Å². The number of aryl methyl sites for hydroxylation is 2. The molecular formula is C14H13IN4. The summed E-state index contributed by atoms with van der Waals surface area (Å²) in [6, 6.07) is 10.3. The SMILES string of the molecule is Nc1nc2cc(I)ccc2n1CCc1ccncc1. The fraction of sp³-hybridized carbons (Fsp3) is 0.143. The Balaban J connectivity index is 1.90. The van der Waals surface area contributed by atoms with E-state index in [1.807, 2.05) is 24.5 Å². The maximum atomic E-state index is 6.00. The minimum atomic E-state index is 0.575. The number of aromatic nitrogens is 3. The van der Waals surface area contributed by atoms with Crippen LogP contribution < -0.4 is 5.73 Å². The van der Waals surface area contributed by atoms with Crippen LogP contribution in [0.15, 0.2) is 42.7 Å². The number of hydrogen-bond acceptors (Lipinski definition) is 3. The first-order valence-electron chi connectivity index (χ1n) is 6.04. The molecule has 19 heavy (non-hydrogen) atoms. The van der Waals surface area contributed by atoms with Crippen LogP contribution in [0.4, 0.5) is 5.95 Å². The summed E-state index contributed by atoms with van der Waals surface area (Å²) in [5.41, 5.74) is 9.30. The Hall–Kier alpha value is -1.63. The van der Waals surface area contributed by atoms with Gasteiger partial charge >= 0.3 is 0 Å². The Kier molecular flexibility index (Phi) is 3.37. The van der Waals surface area contributed by atoms with E-state index in [4.69, 9.17) is 5.73 Å². The van der Waals surface area contributed by atoms with E-state index in [1.165, 1.54) is 9.13 Å². The molecule has 0 aliphatic rings. The number of rotatable bonds is 3. The molecule has 1 aromatic carbocycles. The highest BCUT2D eigenvalue weighted by atomic mass is 127. The molecule has 2 aromatic heterocycles. The summed E-state index contributed by atoms with van der Waals surface area (Å²) in [7, 11) is 0. The number of pyridine rings is 1. The lowest BCUT2D eigenvalue weighted by molar-refractivity contribution is 0.725. The van der Waals surface area contributed by atoms with Crippen LogP contribution in [0.3, 0.4) is 0 Å². The smallest absolute Gasteiger partial charge is 0.201 e. The van der Waals surface area contributed by atoms with Gasteiger partial charge in [0.2, 0.25) is 5.95 Å². The molecule has 3 aromatic rings. The Morgan fingerprint density at radius 1 is 1.16 bits per heavy atom. The van der Waals surface area contributed by atoms with Crippen molar-refractivity contribution >= 4 is 39.6 Å². The highest BCUT2D eigenvalue weighted by Gasteiger charge is 2.08. The van der Waals surface area contributed by atoms with Crippen molar-refractivity contribution in [1.82, 2.24) is 14.5 Å². The number of imidazole rings is 1. The zero-order chi connectivity index (χ0) is 13.2. The number of hydrogen-bond donors (Lipinski definition) is 1. The van der Waals surface area contributed by atoms with Crippen LogP contribution in [-0.4, -0.2) is 14.5 Å². The number of nitrogen functional groups attached to an aromatic ring is 1. The Labute approximate surface area is 124 Å². The molecule has 0 aliphatic heterocycles. The van der Waals surface area contributed by atoms with Crippen LogP contribution in [-0.2, 0) is 13.0 Å². The van der Waals surface area contributed by atoms with Crippen molar-refractivity contribution in [1.29, 1.82) is 0 Å². The summed E-state index contributed by atoms with van der Waals surface area (Å²) < 4.78 is 3.23. The van der Waals surface area contributed by atoms with Gasteiger partial charge in [0.25, 0.3) is 0 Å². The molecule has 0 amide bonds. The van der Waals surface area contributed by atoms with E-state index >= 15 is 0 Å². The van der Waals surface area contributed by atoms with Gasteiger partial charge in [-0.2, -0.15) is 0 Å². The maximum absolute atomic E-state index is 6.00. The first kappa shape index (κ1) is 12.4. The molecule has 0 bridgehead atoms. The molecule has 4 nitrogen and oxygen atoms in total. The monoisotopic (exact) mass is 364 g/mol.